The first-order valence-corrected chi connectivity index (χ1v) is 7.31. The Hall–Kier alpha value is -1.60. The maximum Gasteiger partial charge on any atom is 0.222 e. The van der Waals surface area contributed by atoms with Crippen molar-refractivity contribution in [1.82, 2.24) is 0 Å². The maximum atomic E-state index is 11.4. The van der Waals surface area contributed by atoms with Crippen molar-refractivity contribution in [1.29, 1.82) is 0 Å². The van der Waals surface area contributed by atoms with Crippen LogP contribution in [-0.4, -0.2) is 5.24 Å². The van der Waals surface area contributed by atoms with Crippen molar-refractivity contribution in [3.63, 3.8) is 0 Å². The summed E-state index contributed by atoms with van der Waals surface area (Å²) in [7, 11) is 0. The summed E-state index contributed by atoms with van der Waals surface area (Å²) in [6.07, 6.45) is 1.35. The van der Waals surface area contributed by atoms with E-state index >= 15 is 0 Å². The van der Waals surface area contributed by atoms with Crippen LogP contribution >= 0.6 is 11.6 Å². The summed E-state index contributed by atoms with van der Waals surface area (Å²) in [6.45, 7) is 4.19. The van der Waals surface area contributed by atoms with E-state index in [2.05, 4.69) is 56.3 Å². The summed E-state index contributed by atoms with van der Waals surface area (Å²) in [5, 5.41) is -0.295. The van der Waals surface area contributed by atoms with Gasteiger partial charge in [-0.2, -0.15) is 0 Å². The Morgan fingerprint density at radius 3 is 2.35 bits per heavy atom. The monoisotopic (exact) mass is 286 g/mol. The molecule has 0 spiro atoms. The van der Waals surface area contributed by atoms with Crippen LogP contribution < -0.4 is 0 Å². The fourth-order valence-corrected chi connectivity index (χ4v) is 2.62. The van der Waals surface area contributed by atoms with Crippen LogP contribution in [0.25, 0.3) is 0 Å². The number of hydrogen-bond donors (Lipinski definition) is 0. The molecule has 2 heteroatoms. The molecule has 0 aromatic heterocycles. The van der Waals surface area contributed by atoms with Crippen LogP contribution in [0, 0.1) is 6.92 Å². The Labute approximate surface area is 125 Å². The minimum absolute atomic E-state index is 0.0332. The van der Waals surface area contributed by atoms with Gasteiger partial charge in [-0.15, -0.1) is 0 Å². The topological polar surface area (TPSA) is 17.1 Å². The lowest BCUT2D eigenvalue weighted by Gasteiger charge is -2.17. The number of carbonyl (C=O) groups excluding carboxylic acids is 1. The van der Waals surface area contributed by atoms with Gasteiger partial charge in [-0.05, 0) is 41.6 Å². The Bertz CT molecular complexity index is 587. The van der Waals surface area contributed by atoms with Crippen LogP contribution in [-0.2, 0) is 11.2 Å². The van der Waals surface area contributed by atoms with Crippen LogP contribution in [0.3, 0.4) is 0 Å². The van der Waals surface area contributed by atoms with Gasteiger partial charge in [-0.3, -0.25) is 4.79 Å². The summed E-state index contributed by atoms with van der Waals surface area (Å²) < 4.78 is 0. The highest BCUT2D eigenvalue weighted by Gasteiger charge is 2.17. The molecule has 1 atom stereocenters. The van der Waals surface area contributed by atoms with E-state index in [-0.39, 0.29) is 11.2 Å². The van der Waals surface area contributed by atoms with Gasteiger partial charge in [0.15, 0.2) is 0 Å². The van der Waals surface area contributed by atoms with E-state index in [1.54, 1.807) is 0 Å². The normalized spacial score (nSPS) is 12.2. The molecular formula is C18H19ClO. The first kappa shape index (κ1) is 14.8. The highest BCUT2D eigenvalue weighted by Crippen LogP contribution is 2.29. The van der Waals surface area contributed by atoms with Gasteiger partial charge < -0.3 is 0 Å². The first-order chi connectivity index (χ1) is 9.60. The zero-order chi connectivity index (χ0) is 14.5. The van der Waals surface area contributed by atoms with Gasteiger partial charge in [0.05, 0.1) is 0 Å². The zero-order valence-corrected chi connectivity index (χ0v) is 12.7. The lowest BCUT2D eigenvalue weighted by Crippen LogP contribution is -2.05. The Morgan fingerprint density at radius 2 is 1.80 bits per heavy atom. The van der Waals surface area contributed by atoms with E-state index in [9.17, 15) is 4.79 Å². The van der Waals surface area contributed by atoms with Crippen LogP contribution in [0.1, 0.15) is 41.5 Å². The highest BCUT2D eigenvalue weighted by atomic mass is 35.5. The summed E-state index contributed by atoms with van der Waals surface area (Å²) >= 11 is 5.63. The molecule has 2 aromatic rings. The molecule has 20 heavy (non-hydrogen) atoms. The number of hydrogen-bond acceptors (Lipinski definition) is 1. The fourth-order valence-electron chi connectivity index (χ4n) is 2.46. The van der Waals surface area contributed by atoms with Crippen molar-refractivity contribution in [3.05, 3.63) is 70.8 Å². The molecule has 0 fully saturated rings. The van der Waals surface area contributed by atoms with E-state index < -0.39 is 0 Å². The number of aryl methyl sites for hydroxylation is 2. The van der Waals surface area contributed by atoms with Crippen LogP contribution in [0.15, 0.2) is 48.5 Å². The van der Waals surface area contributed by atoms with E-state index in [1.807, 2.05) is 6.07 Å². The average molecular weight is 287 g/mol. The van der Waals surface area contributed by atoms with Crippen molar-refractivity contribution in [2.45, 2.75) is 32.6 Å². The first-order valence-electron chi connectivity index (χ1n) is 6.94. The Balaban J connectivity index is 2.38. The van der Waals surface area contributed by atoms with Crippen molar-refractivity contribution < 1.29 is 4.79 Å². The quantitative estimate of drug-likeness (QED) is 0.719. The molecule has 1 nitrogen and oxygen atoms in total. The van der Waals surface area contributed by atoms with E-state index in [1.165, 1.54) is 11.1 Å². The van der Waals surface area contributed by atoms with Crippen LogP contribution in [0.5, 0.6) is 0 Å². The van der Waals surface area contributed by atoms with Crippen LogP contribution in [0.4, 0.5) is 0 Å². The molecule has 0 heterocycles. The molecule has 0 aliphatic rings. The third kappa shape index (κ3) is 3.71. The molecule has 2 rings (SSSR count). The smallest absolute Gasteiger partial charge is 0.222 e. The van der Waals surface area contributed by atoms with Gasteiger partial charge in [-0.1, -0.05) is 61.0 Å². The number of rotatable bonds is 5. The highest BCUT2D eigenvalue weighted by molar-refractivity contribution is 6.63. The summed E-state index contributed by atoms with van der Waals surface area (Å²) in [5.41, 5.74) is 4.78. The lowest BCUT2D eigenvalue weighted by atomic mass is 9.87. The molecule has 0 saturated carbocycles. The van der Waals surface area contributed by atoms with E-state index in [0.717, 1.165) is 17.5 Å². The zero-order valence-electron chi connectivity index (χ0n) is 11.9. The minimum Gasteiger partial charge on any atom is -0.281 e. The molecule has 0 bridgehead atoms. The fraction of sp³-hybridized carbons (Fsp3) is 0.278. The van der Waals surface area contributed by atoms with E-state index in [4.69, 9.17) is 11.6 Å². The number of benzene rings is 2. The minimum atomic E-state index is -0.295. The summed E-state index contributed by atoms with van der Waals surface area (Å²) in [4.78, 5) is 11.4. The third-order valence-electron chi connectivity index (χ3n) is 3.60. The van der Waals surface area contributed by atoms with Gasteiger partial charge in [-0.25, -0.2) is 0 Å². The molecule has 0 amide bonds. The maximum absolute atomic E-state index is 11.4. The van der Waals surface area contributed by atoms with Gasteiger partial charge in [0.25, 0.3) is 0 Å². The molecule has 2 aromatic carbocycles. The summed E-state index contributed by atoms with van der Waals surface area (Å²) in [6, 6.07) is 16.7. The van der Waals surface area contributed by atoms with E-state index in [0.29, 0.717) is 6.42 Å². The van der Waals surface area contributed by atoms with Crippen molar-refractivity contribution in [2.24, 2.45) is 0 Å². The van der Waals surface area contributed by atoms with Crippen LogP contribution in [0.2, 0.25) is 0 Å². The van der Waals surface area contributed by atoms with Gasteiger partial charge in [0.1, 0.15) is 0 Å². The Kier molecular flexibility index (Phi) is 4.97. The molecule has 0 aliphatic heterocycles. The molecule has 0 N–H and O–H groups in total. The molecule has 0 aliphatic carbocycles. The molecule has 104 valence electrons. The largest absolute Gasteiger partial charge is 0.281 e. The summed E-state index contributed by atoms with van der Waals surface area (Å²) in [5.74, 6) is 0.0332. The van der Waals surface area contributed by atoms with Gasteiger partial charge in [0.2, 0.25) is 5.24 Å². The lowest BCUT2D eigenvalue weighted by molar-refractivity contribution is -0.111. The molecule has 1 unspecified atom stereocenters. The van der Waals surface area contributed by atoms with Gasteiger partial charge >= 0.3 is 0 Å². The predicted molar refractivity (Wildman–Crippen MR) is 84.3 cm³/mol. The van der Waals surface area contributed by atoms with Crippen molar-refractivity contribution in [3.8, 4) is 0 Å². The van der Waals surface area contributed by atoms with Gasteiger partial charge in [0, 0.05) is 12.3 Å². The second-order valence-corrected chi connectivity index (χ2v) is 5.54. The SMILES string of the molecule is CCc1ccc(C(CC(=O)Cl)c2cccc(C)c2)cc1. The average Bonchev–Trinajstić information content (AvgIpc) is 2.45. The molecular weight excluding hydrogens is 268 g/mol. The standard InChI is InChI=1S/C18H19ClO/c1-3-14-7-9-15(10-8-14)17(12-18(19)20)16-6-4-5-13(2)11-16/h4-11,17H,3,12H2,1-2H3. The third-order valence-corrected chi connectivity index (χ3v) is 3.75. The van der Waals surface area contributed by atoms with Crippen molar-refractivity contribution >= 4 is 16.8 Å². The second kappa shape index (κ2) is 6.71. The predicted octanol–water partition coefficient (Wildman–Crippen LogP) is 4.84. The second-order valence-electron chi connectivity index (χ2n) is 5.12. The van der Waals surface area contributed by atoms with Crippen molar-refractivity contribution in [2.75, 3.05) is 0 Å². The Morgan fingerprint density at radius 1 is 1.10 bits per heavy atom. The number of halogens is 1. The molecule has 0 saturated heterocycles. The molecule has 0 radical (unpaired) electrons. The number of carbonyl (C=O) groups is 1.